The van der Waals surface area contributed by atoms with Gasteiger partial charge in [0.25, 0.3) is 0 Å². The van der Waals surface area contributed by atoms with Crippen LogP contribution in [0.2, 0.25) is 0 Å². The van der Waals surface area contributed by atoms with Crippen LogP contribution in [0.5, 0.6) is 5.75 Å². The first kappa shape index (κ1) is 14.3. The average Bonchev–Trinajstić information content (AvgIpc) is 2.50. The number of ether oxygens (including phenoxy) is 1. The third-order valence-electron chi connectivity index (χ3n) is 3.39. The van der Waals surface area contributed by atoms with Crippen LogP contribution >= 0.6 is 0 Å². The summed E-state index contributed by atoms with van der Waals surface area (Å²) < 4.78 is 31.9. The van der Waals surface area contributed by atoms with Crippen LogP contribution in [0.25, 0.3) is 0 Å². The Balaban J connectivity index is 1.61. The number of hydrogen-bond acceptors (Lipinski definition) is 2. The molecule has 0 unspecified atom stereocenters. The number of fused-ring (bicyclic) bond motifs is 1. The van der Waals surface area contributed by atoms with Crippen LogP contribution in [0.1, 0.15) is 5.56 Å². The number of rotatable bonds is 2. The molecule has 0 aliphatic carbocycles. The van der Waals surface area contributed by atoms with Crippen LogP contribution in [-0.2, 0) is 6.42 Å². The predicted molar refractivity (Wildman–Crippen MR) is 77.9 cm³/mol. The van der Waals surface area contributed by atoms with Crippen LogP contribution in [0.4, 0.5) is 19.3 Å². The molecule has 6 heteroatoms. The number of amides is 2. The summed E-state index contributed by atoms with van der Waals surface area (Å²) in [7, 11) is 0. The molecule has 4 nitrogen and oxygen atoms in total. The average molecular weight is 304 g/mol. The Morgan fingerprint density at radius 2 is 2.00 bits per heavy atom. The molecule has 114 valence electrons. The van der Waals surface area contributed by atoms with Gasteiger partial charge in [0, 0.05) is 6.07 Å². The topological polar surface area (TPSA) is 50.4 Å². The van der Waals surface area contributed by atoms with Gasteiger partial charge in [0.1, 0.15) is 24.0 Å². The first-order chi connectivity index (χ1) is 10.6. The molecule has 0 bridgehead atoms. The van der Waals surface area contributed by atoms with Crippen molar-refractivity contribution in [2.45, 2.75) is 12.5 Å². The van der Waals surface area contributed by atoms with Crippen molar-refractivity contribution in [3.63, 3.8) is 0 Å². The van der Waals surface area contributed by atoms with Crippen LogP contribution in [0, 0.1) is 11.6 Å². The van der Waals surface area contributed by atoms with E-state index in [2.05, 4.69) is 10.6 Å². The Labute approximate surface area is 126 Å². The van der Waals surface area contributed by atoms with E-state index in [1.165, 1.54) is 6.07 Å². The third kappa shape index (κ3) is 3.16. The molecule has 1 heterocycles. The maximum atomic E-state index is 13.5. The molecule has 2 amide bonds. The summed E-state index contributed by atoms with van der Waals surface area (Å²) in [5, 5.41) is 5.08. The largest absolute Gasteiger partial charge is 0.491 e. The summed E-state index contributed by atoms with van der Waals surface area (Å²) in [4.78, 5) is 11.9. The number of carbonyl (C=O) groups excluding carboxylic acids is 1. The van der Waals surface area contributed by atoms with Crippen LogP contribution in [0.3, 0.4) is 0 Å². The lowest BCUT2D eigenvalue weighted by Crippen LogP contribution is -2.44. The number of para-hydroxylation sites is 1. The predicted octanol–water partition coefficient (Wildman–Crippen LogP) is 3.09. The van der Waals surface area contributed by atoms with Gasteiger partial charge in [0.2, 0.25) is 0 Å². The number of anilines is 1. The van der Waals surface area contributed by atoms with E-state index in [-0.39, 0.29) is 11.7 Å². The van der Waals surface area contributed by atoms with Gasteiger partial charge in [-0.25, -0.2) is 13.6 Å². The van der Waals surface area contributed by atoms with E-state index in [9.17, 15) is 13.6 Å². The van der Waals surface area contributed by atoms with E-state index >= 15 is 0 Å². The van der Waals surface area contributed by atoms with Crippen molar-refractivity contribution in [2.75, 3.05) is 11.9 Å². The van der Waals surface area contributed by atoms with Crippen LogP contribution < -0.4 is 15.4 Å². The standard InChI is InChI=1S/C16H14F2N2O2/c17-11-5-6-14(13(18)8-11)20-16(21)19-12-7-10-3-1-2-4-15(10)22-9-12/h1-6,8,12H,7,9H2,(H2,19,20,21)/t12-/m1/s1. The fraction of sp³-hybridized carbons (Fsp3) is 0.188. The van der Waals surface area contributed by atoms with Gasteiger partial charge in [0.15, 0.2) is 0 Å². The zero-order valence-corrected chi connectivity index (χ0v) is 11.6. The lowest BCUT2D eigenvalue weighted by molar-refractivity contribution is 0.222. The van der Waals surface area contributed by atoms with Gasteiger partial charge in [0.05, 0.1) is 11.7 Å². The molecule has 0 fully saturated rings. The SMILES string of the molecule is O=C(Nc1ccc(F)cc1F)N[C@H]1COc2ccccc2C1. The molecule has 2 aromatic carbocycles. The highest BCUT2D eigenvalue weighted by atomic mass is 19.1. The summed E-state index contributed by atoms with van der Waals surface area (Å²) >= 11 is 0. The van der Waals surface area contributed by atoms with Crippen molar-refractivity contribution in [1.82, 2.24) is 5.32 Å². The normalized spacial score (nSPS) is 16.4. The van der Waals surface area contributed by atoms with Crippen molar-refractivity contribution in [3.8, 4) is 5.75 Å². The molecule has 0 saturated carbocycles. The smallest absolute Gasteiger partial charge is 0.319 e. The monoisotopic (exact) mass is 304 g/mol. The Hall–Kier alpha value is -2.63. The van der Waals surface area contributed by atoms with Gasteiger partial charge >= 0.3 is 6.03 Å². The molecule has 3 rings (SSSR count). The van der Waals surface area contributed by atoms with Gasteiger partial charge in [-0.2, -0.15) is 0 Å². The van der Waals surface area contributed by atoms with E-state index in [0.717, 1.165) is 23.4 Å². The van der Waals surface area contributed by atoms with E-state index in [1.54, 1.807) is 0 Å². The maximum absolute atomic E-state index is 13.5. The fourth-order valence-corrected chi connectivity index (χ4v) is 2.36. The van der Waals surface area contributed by atoms with Gasteiger partial charge in [-0.3, -0.25) is 0 Å². The van der Waals surface area contributed by atoms with Gasteiger partial charge in [-0.1, -0.05) is 18.2 Å². The van der Waals surface area contributed by atoms with Gasteiger partial charge in [-0.15, -0.1) is 0 Å². The number of benzene rings is 2. The Bertz CT molecular complexity index is 706. The minimum Gasteiger partial charge on any atom is -0.491 e. The number of halogens is 2. The zero-order chi connectivity index (χ0) is 15.5. The van der Waals surface area contributed by atoms with Gasteiger partial charge in [-0.05, 0) is 30.2 Å². The minimum absolute atomic E-state index is 0.0731. The summed E-state index contributed by atoms with van der Waals surface area (Å²) in [6, 6.07) is 9.80. The fourth-order valence-electron chi connectivity index (χ4n) is 2.36. The molecular weight excluding hydrogens is 290 g/mol. The lowest BCUT2D eigenvalue weighted by Gasteiger charge is -2.26. The first-order valence-electron chi connectivity index (χ1n) is 6.85. The second-order valence-corrected chi connectivity index (χ2v) is 5.04. The van der Waals surface area contributed by atoms with Crippen molar-refractivity contribution in [1.29, 1.82) is 0 Å². The molecular formula is C16H14F2N2O2. The highest BCUT2D eigenvalue weighted by Crippen LogP contribution is 2.24. The number of nitrogens with one attached hydrogen (secondary N) is 2. The van der Waals surface area contributed by atoms with Crippen molar-refractivity contribution in [3.05, 3.63) is 59.7 Å². The molecule has 0 spiro atoms. The third-order valence-corrected chi connectivity index (χ3v) is 3.39. The quantitative estimate of drug-likeness (QED) is 0.896. The minimum atomic E-state index is -0.819. The van der Waals surface area contributed by atoms with Crippen molar-refractivity contribution >= 4 is 11.7 Å². The highest BCUT2D eigenvalue weighted by molar-refractivity contribution is 5.89. The van der Waals surface area contributed by atoms with E-state index in [4.69, 9.17) is 4.74 Å². The molecule has 1 aliphatic heterocycles. The zero-order valence-electron chi connectivity index (χ0n) is 11.6. The summed E-state index contributed by atoms with van der Waals surface area (Å²) in [5.41, 5.74) is 0.933. The van der Waals surface area contributed by atoms with E-state index < -0.39 is 17.7 Å². The Kier molecular flexibility index (Phi) is 3.91. The lowest BCUT2D eigenvalue weighted by atomic mass is 10.0. The van der Waals surface area contributed by atoms with Crippen LogP contribution in [-0.4, -0.2) is 18.7 Å². The van der Waals surface area contributed by atoms with E-state index in [0.29, 0.717) is 13.0 Å². The maximum Gasteiger partial charge on any atom is 0.319 e. The second kappa shape index (κ2) is 6.01. The van der Waals surface area contributed by atoms with Crippen LogP contribution in [0.15, 0.2) is 42.5 Å². The Morgan fingerprint density at radius 1 is 1.18 bits per heavy atom. The summed E-state index contributed by atoms with van der Waals surface area (Å²) in [6.07, 6.45) is 0.634. The molecule has 2 N–H and O–H groups in total. The first-order valence-corrected chi connectivity index (χ1v) is 6.85. The summed E-state index contributed by atoms with van der Waals surface area (Å²) in [6.45, 7) is 0.344. The van der Waals surface area contributed by atoms with Crippen molar-refractivity contribution in [2.24, 2.45) is 0 Å². The molecule has 0 aromatic heterocycles. The highest BCUT2D eigenvalue weighted by Gasteiger charge is 2.21. The second-order valence-electron chi connectivity index (χ2n) is 5.04. The Morgan fingerprint density at radius 3 is 2.82 bits per heavy atom. The molecule has 0 saturated heterocycles. The number of carbonyl (C=O) groups is 1. The summed E-state index contributed by atoms with van der Waals surface area (Å²) in [5.74, 6) is -0.702. The molecule has 2 aromatic rings. The number of hydrogen-bond donors (Lipinski definition) is 2. The molecule has 1 atom stereocenters. The molecule has 0 radical (unpaired) electrons. The van der Waals surface area contributed by atoms with Gasteiger partial charge < -0.3 is 15.4 Å². The molecule has 1 aliphatic rings. The van der Waals surface area contributed by atoms with E-state index in [1.807, 2.05) is 24.3 Å². The number of urea groups is 1. The molecule has 22 heavy (non-hydrogen) atoms. The van der Waals surface area contributed by atoms with Crippen molar-refractivity contribution < 1.29 is 18.3 Å².